The quantitative estimate of drug-likeness (QED) is 0.566. The molecule has 0 atom stereocenters. The molecule has 2 aromatic carbocycles. The molecule has 3 heterocycles. The molecule has 0 aliphatic carbocycles. The topological polar surface area (TPSA) is 62.6 Å². The number of aromatic nitrogens is 3. The molecule has 0 bridgehead atoms. The lowest BCUT2D eigenvalue weighted by atomic mass is 10.1. The normalized spacial score (nSPS) is 14.1. The highest BCUT2D eigenvalue weighted by Gasteiger charge is 2.23. The largest absolute Gasteiger partial charge is 0.497 e. The average molecular weight is 404 g/mol. The standard InChI is InChI=1S/C23H21FN4O2/c1-30-16-8-6-15(7-9-16)12-27-11-10-20-18(13-27)22-25-21(14-28(22)23(29)26-20)17-4-2-3-5-19(17)24/h2-9,14H,10-13H2,1H3,(H,26,29). The van der Waals surface area contributed by atoms with Crippen molar-refractivity contribution in [3.05, 3.63) is 87.9 Å². The maximum Gasteiger partial charge on any atom is 0.331 e. The van der Waals surface area contributed by atoms with Gasteiger partial charge in [0.15, 0.2) is 0 Å². The van der Waals surface area contributed by atoms with E-state index in [2.05, 4.69) is 27.0 Å². The summed E-state index contributed by atoms with van der Waals surface area (Å²) in [7, 11) is 1.66. The molecule has 0 saturated heterocycles. The molecule has 5 rings (SSSR count). The third-order valence-corrected chi connectivity index (χ3v) is 5.59. The monoisotopic (exact) mass is 404 g/mol. The zero-order chi connectivity index (χ0) is 20.7. The Bertz CT molecular complexity index is 1280. The van der Waals surface area contributed by atoms with Gasteiger partial charge in [0.2, 0.25) is 0 Å². The van der Waals surface area contributed by atoms with Crippen LogP contribution in [0.1, 0.15) is 16.8 Å². The van der Waals surface area contributed by atoms with E-state index in [-0.39, 0.29) is 11.5 Å². The van der Waals surface area contributed by atoms with Crippen LogP contribution < -0.4 is 10.4 Å². The lowest BCUT2D eigenvalue weighted by Crippen LogP contribution is -2.33. The minimum absolute atomic E-state index is 0.248. The minimum Gasteiger partial charge on any atom is -0.497 e. The van der Waals surface area contributed by atoms with Crippen LogP contribution in [0.25, 0.3) is 16.9 Å². The van der Waals surface area contributed by atoms with E-state index in [0.717, 1.165) is 36.5 Å². The predicted molar refractivity (Wildman–Crippen MR) is 112 cm³/mol. The predicted octanol–water partition coefficient (Wildman–Crippen LogP) is 3.40. The lowest BCUT2D eigenvalue weighted by molar-refractivity contribution is 0.243. The van der Waals surface area contributed by atoms with Crippen LogP contribution in [0.4, 0.5) is 4.39 Å². The van der Waals surface area contributed by atoms with E-state index in [1.807, 2.05) is 12.1 Å². The van der Waals surface area contributed by atoms with Gasteiger partial charge < -0.3 is 9.72 Å². The second kappa shape index (κ2) is 7.42. The van der Waals surface area contributed by atoms with Crippen LogP contribution in [0.3, 0.4) is 0 Å². The van der Waals surface area contributed by atoms with Crippen LogP contribution in [0.15, 0.2) is 59.5 Å². The molecule has 0 radical (unpaired) electrons. The summed E-state index contributed by atoms with van der Waals surface area (Å²) in [5, 5.41) is 0. The first kappa shape index (κ1) is 18.6. The second-order valence-electron chi connectivity index (χ2n) is 7.50. The summed E-state index contributed by atoms with van der Waals surface area (Å²) in [6.45, 7) is 2.29. The zero-order valence-corrected chi connectivity index (χ0v) is 16.6. The van der Waals surface area contributed by atoms with Crippen molar-refractivity contribution in [2.75, 3.05) is 13.7 Å². The highest BCUT2D eigenvalue weighted by atomic mass is 19.1. The summed E-state index contributed by atoms with van der Waals surface area (Å²) in [5.74, 6) is 0.479. The Morgan fingerprint density at radius 1 is 1.17 bits per heavy atom. The van der Waals surface area contributed by atoms with E-state index in [9.17, 15) is 9.18 Å². The number of ether oxygens (including phenoxy) is 1. The van der Waals surface area contributed by atoms with Gasteiger partial charge in [-0.05, 0) is 29.8 Å². The lowest BCUT2D eigenvalue weighted by Gasteiger charge is -2.28. The molecule has 7 heteroatoms. The van der Waals surface area contributed by atoms with Crippen molar-refractivity contribution >= 4 is 5.65 Å². The Balaban J connectivity index is 1.50. The van der Waals surface area contributed by atoms with Gasteiger partial charge in [-0.15, -0.1) is 0 Å². The second-order valence-corrected chi connectivity index (χ2v) is 7.50. The molecule has 0 spiro atoms. The van der Waals surface area contributed by atoms with E-state index >= 15 is 0 Å². The van der Waals surface area contributed by atoms with E-state index < -0.39 is 0 Å². The fourth-order valence-corrected chi connectivity index (χ4v) is 4.02. The number of rotatable bonds is 4. The van der Waals surface area contributed by atoms with Crippen LogP contribution in [-0.2, 0) is 19.5 Å². The number of methoxy groups -OCH3 is 1. The van der Waals surface area contributed by atoms with Gasteiger partial charge in [0.1, 0.15) is 17.2 Å². The molecule has 6 nitrogen and oxygen atoms in total. The third-order valence-electron chi connectivity index (χ3n) is 5.59. The van der Waals surface area contributed by atoms with Crippen LogP contribution >= 0.6 is 0 Å². The highest BCUT2D eigenvalue weighted by Crippen LogP contribution is 2.26. The van der Waals surface area contributed by atoms with Crippen LogP contribution in [0.2, 0.25) is 0 Å². The van der Waals surface area contributed by atoms with Gasteiger partial charge in [-0.3, -0.25) is 9.30 Å². The zero-order valence-electron chi connectivity index (χ0n) is 16.6. The van der Waals surface area contributed by atoms with Gasteiger partial charge in [0.25, 0.3) is 0 Å². The van der Waals surface area contributed by atoms with E-state index in [1.165, 1.54) is 16.0 Å². The third kappa shape index (κ3) is 3.27. The Morgan fingerprint density at radius 2 is 1.97 bits per heavy atom. The van der Waals surface area contributed by atoms with Crippen LogP contribution in [0, 0.1) is 5.82 Å². The molecule has 1 aliphatic rings. The number of benzene rings is 2. The molecule has 0 unspecified atom stereocenters. The van der Waals surface area contributed by atoms with Gasteiger partial charge in [0, 0.05) is 49.1 Å². The first-order valence-electron chi connectivity index (χ1n) is 9.85. The summed E-state index contributed by atoms with van der Waals surface area (Å²) >= 11 is 0. The number of H-pyrrole nitrogens is 1. The highest BCUT2D eigenvalue weighted by molar-refractivity contribution is 5.65. The minimum atomic E-state index is -0.354. The summed E-state index contributed by atoms with van der Waals surface area (Å²) < 4.78 is 21.0. The molecular weight excluding hydrogens is 383 g/mol. The Labute approximate surface area is 172 Å². The molecule has 152 valence electrons. The van der Waals surface area contributed by atoms with E-state index in [1.54, 1.807) is 31.5 Å². The van der Waals surface area contributed by atoms with Crippen LogP contribution in [0.5, 0.6) is 5.75 Å². The van der Waals surface area contributed by atoms with Crippen molar-refractivity contribution in [1.82, 2.24) is 19.3 Å². The average Bonchev–Trinajstić information content (AvgIpc) is 3.21. The maximum absolute atomic E-state index is 14.2. The number of hydrogen-bond donors (Lipinski definition) is 1. The smallest absolute Gasteiger partial charge is 0.331 e. The maximum atomic E-state index is 14.2. The van der Waals surface area contributed by atoms with Crippen LogP contribution in [-0.4, -0.2) is 32.9 Å². The molecule has 30 heavy (non-hydrogen) atoms. The summed E-state index contributed by atoms with van der Waals surface area (Å²) in [6.07, 6.45) is 2.34. The van der Waals surface area contributed by atoms with Crippen molar-refractivity contribution in [1.29, 1.82) is 0 Å². The molecule has 1 N–H and O–H groups in total. The number of nitrogens with one attached hydrogen (secondary N) is 1. The Hall–Kier alpha value is -3.45. The number of aromatic amines is 1. The first-order valence-corrected chi connectivity index (χ1v) is 9.85. The molecular formula is C23H21FN4O2. The molecule has 2 aromatic heterocycles. The molecule has 0 fully saturated rings. The fourth-order valence-electron chi connectivity index (χ4n) is 4.02. The molecule has 1 aliphatic heterocycles. The number of fused-ring (bicyclic) bond motifs is 3. The van der Waals surface area contributed by atoms with Crippen molar-refractivity contribution in [3.63, 3.8) is 0 Å². The fraction of sp³-hybridized carbons (Fsp3) is 0.217. The summed E-state index contributed by atoms with van der Waals surface area (Å²) in [4.78, 5) is 22.5. The van der Waals surface area contributed by atoms with E-state index in [0.29, 0.717) is 23.4 Å². The van der Waals surface area contributed by atoms with Gasteiger partial charge in [-0.2, -0.15) is 0 Å². The molecule has 0 amide bonds. The summed E-state index contributed by atoms with van der Waals surface area (Å²) in [5.41, 5.74) is 4.27. The van der Waals surface area contributed by atoms with Gasteiger partial charge >= 0.3 is 5.69 Å². The van der Waals surface area contributed by atoms with Gasteiger partial charge in [-0.25, -0.2) is 14.2 Å². The number of nitrogens with zero attached hydrogens (tertiary/aromatic N) is 3. The molecule has 4 aromatic rings. The number of hydrogen-bond acceptors (Lipinski definition) is 4. The van der Waals surface area contributed by atoms with Crippen molar-refractivity contribution in [2.24, 2.45) is 0 Å². The first-order chi connectivity index (χ1) is 14.6. The van der Waals surface area contributed by atoms with Gasteiger partial charge in [-0.1, -0.05) is 24.3 Å². The van der Waals surface area contributed by atoms with Crippen molar-refractivity contribution in [2.45, 2.75) is 19.5 Å². The molecule has 0 saturated carbocycles. The van der Waals surface area contributed by atoms with E-state index in [4.69, 9.17) is 4.74 Å². The van der Waals surface area contributed by atoms with Gasteiger partial charge in [0.05, 0.1) is 12.8 Å². The van der Waals surface area contributed by atoms with Crippen molar-refractivity contribution in [3.8, 4) is 17.0 Å². The Kier molecular flexibility index (Phi) is 4.59. The number of halogens is 1. The number of imidazole rings is 1. The summed E-state index contributed by atoms with van der Waals surface area (Å²) in [6, 6.07) is 14.5. The van der Waals surface area contributed by atoms with Crippen molar-refractivity contribution < 1.29 is 9.13 Å². The Morgan fingerprint density at radius 3 is 2.73 bits per heavy atom. The SMILES string of the molecule is COc1ccc(CN2CCc3[nH]c(=O)n4cc(-c5ccccc5F)nc4c3C2)cc1.